The zero-order valence-electron chi connectivity index (χ0n) is 16.4. The quantitative estimate of drug-likeness (QED) is 0.571. The van der Waals surface area contributed by atoms with E-state index in [2.05, 4.69) is 24.0 Å². The summed E-state index contributed by atoms with van der Waals surface area (Å²) in [7, 11) is 1.96. The normalized spacial score (nSPS) is 35.3. The van der Waals surface area contributed by atoms with Gasteiger partial charge in [0.25, 0.3) is 0 Å². The highest BCUT2D eigenvalue weighted by Gasteiger charge is 2.74. The van der Waals surface area contributed by atoms with Gasteiger partial charge in [-0.2, -0.15) is 0 Å². The highest BCUT2D eigenvalue weighted by Crippen LogP contribution is 2.62. The molecule has 0 radical (unpaired) electrons. The third kappa shape index (κ3) is 2.07. The molecule has 1 aromatic rings. The molecule has 3 aliphatic heterocycles. The lowest BCUT2D eigenvalue weighted by Crippen LogP contribution is -2.62. The Morgan fingerprint density at radius 2 is 2.04 bits per heavy atom. The smallest absolute Gasteiger partial charge is 0.349 e. The lowest BCUT2D eigenvalue weighted by molar-refractivity contribution is -0.199. The fourth-order valence-electron chi connectivity index (χ4n) is 5.22. The van der Waals surface area contributed by atoms with Crippen molar-refractivity contribution in [2.24, 2.45) is 0 Å². The molecular formula is C21H27NO4. The van der Waals surface area contributed by atoms with Crippen LogP contribution in [0.15, 0.2) is 18.2 Å². The fraction of sp³-hybridized carbons (Fsp3) is 0.619. The zero-order chi connectivity index (χ0) is 19.1. The number of carbonyl (C=O) groups excluding carboxylic acids is 2. The third-order valence-corrected chi connectivity index (χ3v) is 6.12. The van der Waals surface area contributed by atoms with E-state index in [0.717, 1.165) is 11.3 Å². The molecule has 4 rings (SSSR count). The zero-order valence-corrected chi connectivity index (χ0v) is 16.4. The molecule has 4 atom stereocenters. The van der Waals surface area contributed by atoms with Gasteiger partial charge in [0.15, 0.2) is 5.78 Å². The number of fused-ring (bicyclic) bond motifs is 7. The fourth-order valence-corrected chi connectivity index (χ4v) is 5.22. The van der Waals surface area contributed by atoms with E-state index in [1.165, 1.54) is 5.56 Å². The Bertz CT molecular complexity index is 811. The Morgan fingerprint density at radius 3 is 2.69 bits per heavy atom. The number of Topliss-reactive ketones (excluding diaryl/α,β-unsaturated/α-hetero) is 1. The van der Waals surface area contributed by atoms with Crippen molar-refractivity contribution in [1.29, 1.82) is 0 Å². The van der Waals surface area contributed by atoms with E-state index in [9.17, 15) is 9.59 Å². The number of likely N-dealkylation sites (N-methyl/N-ethyl adjacent to an activating group) is 1. The van der Waals surface area contributed by atoms with Crippen LogP contribution in [0.3, 0.4) is 0 Å². The number of para-hydroxylation sites is 1. The molecule has 0 spiro atoms. The highest BCUT2D eigenvalue weighted by atomic mass is 16.6. The van der Waals surface area contributed by atoms with Gasteiger partial charge in [-0.15, -0.1) is 0 Å². The molecule has 0 aliphatic carbocycles. The highest BCUT2D eigenvalue weighted by molar-refractivity contribution is 6.11. The van der Waals surface area contributed by atoms with Gasteiger partial charge in [0.05, 0.1) is 11.6 Å². The molecular weight excluding hydrogens is 330 g/mol. The maximum Gasteiger partial charge on any atom is 0.349 e. The lowest BCUT2D eigenvalue weighted by Gasteiger charge is -2.40. The van der Waals surface area contributed by atoms with Gasteiger partial charge in [0.2, 0.25) is 5.60 Å². The number of aryl methyl sites for hydroxylation is 1. The Balaban J connectivity index is 1.90. The van der Waals surface area contributed by atoms with Gasteiger partial charge in [0.1, 0.15) is 5.60 Å². The maximum atomic E-state index is 13.3. The second-order valence-electron chi connectivity index (χ2n) is 9.12. The van der Waals surface area contributed by atoms with Gasteiger partial charge >= 0.3 is 5.97 Å². The summed E-state index contributed by atoms with van der Waals surface area (Å²) in [5, 5.41) is 0. The van der Waals surface area contributed by atoms with Crippen molar-refractivity contribution in [2.45, 2.75) is 76.2 Å². The van der Waals surface area contributed by atoms with Gasteiger partial charge in [-0.1, -0.05) is 18.2 Å². The standard InChI is InChI=1S/C21H27NO4/c1-12-8-7-9-13-15-17(22(6)16(12)13)21(18(24)25-19(2,3)4)14(23)10-11-20(15,5)26-21/h7-9,15,17H,10-11H2,1-6H3/t15-,17+,20+,21-/m0/s1. The van der Waals surface area contributed by atoms with Crippen molar-refractivity contribution >= 4 is 17.4 Å². The van der Waals surface area contributed by atoms with E-state index < -0.39 is 22.8 Å². The number of carbonyl (C=O) groups is 2. The summed E-state index contributed by atoms with van der Waals surface area (Å²) in [6.45, 7) is 9.55. The van der Waals surface area contributed by atoms with E-state index in [1.54, 1.807) is 0 Å². The van der Waals surface area contributed by atoms with Crippen molar-refractivity contribution in [1.82, 2.24) is 0 Å². The second kappa shape index (κ2) is 5.10. The average molecular weight is 357 g/mol. The van der Waals surface area contributed by atoms with Gasteiger partial charge in [-0.25, -0.2) is 4.79 Å². The molecule has 5 heteroatoms. The summed E-state index contributed by atoms with van der Waals surface area (Å²) in [6.07, 6.45) is 0.969. The van der Waals surface area contributed by atoms with E-state index in [4.69, 9.17) is 9.47 Å². The molecule has 5 nitrogen and oxygen atoms in total. The molecule has 26 heavy (non-hydrogen) atoms. The lowest BCUT2D eigenvalue weighted by atomic mass is 9.79. The first-order valence-corrected chi connectivity index (χ1v) is 9.30. The van der Waals surface area contributed by atoms with Gasteiger partial charge < -0.3 is 14.4 Å². The number of hydrogen-bond acceptors (Lipinski definition) is 5. The first kappa shape index (κ1) is 17.5. The summed E-state index contributed by atoms with van der Waals surface area (Å²) >= 11 is 0. The van der Waals surface area contributed by atoms with Crippen LogP contribution in [-0.2, 0) is 19.1 Å². The second-order valence-corrected chi connectivity index (χ2v) is 9.12. The minimum absolute atomic E-state index is 0.0265. The van der Waals surface area contributed by atoms with E-state index in [0.29, 0.717) is 12.8 Å². The van der Waals surface area contributed by atoms with E-state index in [-0.39, 0.29) is 17.7 Å². The first-order chi connectivity index (χ1) is 12.0. The van der Waals surface area contributed by atoms with Crippen LogP contribution in [0.25, 0.3) is 0 Å². The van der Waals surface area contributed by atoms with E-state index >= 15 is 0 Å². The van der Waals surface area contributed by atoms with Crippen LogP contribution in [-0.4, -0.2) is 41.6 Å². The van der Waals surface area contributed by atoms with Crippen LogP contribution in [0, 0.1) is 6.92 Å². The van der Waals surface area contributed by atoms with Crippen LogP contribution in [0.4, 0.5) is 5.69 Å². The van der Waals surface area contributed by atoms with Crippen LogP contribution in [0.5, 0.6) is 0 Å². The molecule has 0 saturated carbocycles. The molecule has 1 aromatic carbocycles. The summed E-state index contributed by atoms with van der Waals surface area (Å²) in [4.78, 5) is 28.5. The molecule has 0 N–H and O–H groups in total. The summed E-state index contributed by atoms with van der Waals surface area (Å²) in [5.41, 5.74) is 0.641. The Kier molecular flexibility index (Phi) is 3.44. The molecule has 2 saturated heterocycles. The summed E-state index contributed by atoms with van der Waals surface area (Å²) in [6, 6.07) is 5.84. The molecule has 3 aliphatic rings. The molecule has 2 fully saturated rings. The largest absolute Gasteiger partial charge is 0.457 e. The minimum Gasteiger partial charge on any atom is -0.457 e. The van der Waals surface area contributed by atoms with Crippen molar-refractivity contribution in [3.8, 4) is 0 Å². The Labute approximate surface area is 154 Å². The van der Waals surface area contributed by atoms with Gasteiger partial charge in [0, 0.05) is 25.1 Å². The summed E-state index contributed by atoms with van der Waals surface area (Å²) < 4.78 is 12.0. The number of nitrogens with zero attached hydrogens (tertiary/aromatic N) is 1. The van der Waals surface area contributed by atoms with Crippen LogP contribution in [0.2, 0.25) is 0 Å². The molecule has 2 bridgehead atoms. The third-order valence-electron chi connectivity index (χ3n) is 6.12. The number of ketones is 1. The average Bonchev–Trinajstić information content (AvgIpc) is 2.95. The predicted molar refractivity (Wildman–Crippen MR) is 98.4 cm³/mol. The molecule has 0 unspecified atom stereocenters. The van der Waals surface area contributed by atoms with Crippen LogP contribution in [0.1, 0.15) is 57.6 Å². The number of rotatable bonds is 1. The number of esters is 1. The summed E-state index contributed by atoms with van der Waals surface area (Å²) in [5.74, 6) is -0.735. The minimum atomic E-state index is -1.55. The van der Waals surface area contributed by atoms with Crippen molar-refractivity contribution in [3.05, 3.63) is 29.3 Å². The van der Waals surface area contributed by atoms with Crippen molar-refractivity contribution in [2.75, 3.05) is 11.9 Å². The monoisotopic (exact) mass is 357 g/mol. The number of ether oxygens (including phenoxy) is 2. The number of hydrogen-bond donors (Lipinski definition) is 0. The molecule has 140 valence electrons. The maximum absolute atomic E-state index is 13.3. The van der Waals surface area contributed by atoms with Gasteiger partial charge in [-0.05, 0) is 52.2 Å². The molecule has 0 amide bonds. The Hall–Kier alpha value is -1.88. The number of benzene rings is 1. The Morgan fingerprint density at radius 1 is 1.35 bits per heavy atom. The van der Waals surface area contributed by atoms with Crippen LogP contribution < -0.4 is 4.90 Å². The SMILES string of the molecule is Cc1cccc2c1N(C)[C@@H]1[C@H]2[C@@]2(C)CCC(=O)[C@]1(C(=O)OC(C)(C)C)O2. The number of anilines is 1. The molecule has 0 aromatic heterocycles. The van der Waals surface area contributed by atoms with Crippen molar-refractivity contribution < 1.29 is 19.1 Å². The molecule has 3 heterocycles. The topological polar surface area (TPSA) is 55.8 Å². The first-order valence-electron chi connectivity index (χ1n) is 9.30. The van der Waals surface area contributed by atoms with E-state index in [1.807, 2.05) is 40.8 Å². The van der Waals surface area contributed by atoms with Gasteiger partial charge in [-0.3, -0.25) is 4.79 Å². The van der Waals surface area contributed by atoms with Crippen molar-refractivity contribution in [3.63, 3.8) is 0 Å². The van der Waals surface area contributed by atoms with Crippen LogP contribution >= 0.6 is 0 Å². The predicted octanol–water partition coefficient (Wildman–Crippen LogP) is 3.13.